The Morgan fingerprint density at radius 1 is 1.07 bits per heavy atom. The first kappa shape index (κ1) is 25.4. The van der Waals surface area contributed by atoms with E-state index in [4.69, 9.17) is 9.72 Å². The van der Waals surface area contributed by atoms with Gasteiger partial charge in [-0.05, 0) is 63.0 Å². The number of ether oxygens (including phenoxy) is 1. The van der Waals surface area contributed by atoms with E-state index in [-0.39, 0.29) is 23.7 Å². The van der Waals surface area contributed by atoms with Crippen LogP contribution in [0.15, 0.2) is 54.7 Å². The minimum atomic E-state index is -1.23. The van der Waals surface area contributed by atoms with Crippen molar-refractivity contribution in [2.75, 3.05) is 13.2 Å². The van der Waals surface area contributed by atoms with Gasteiger partial charge in [0.25, 0.3) is 0 Å². The largest absolute Gasteiger partial charge is 0.385 e. The molecule has 40 heavy (non-hydrogen) atoms. The molecule has 2 aromatic carbocycles. The molecule has 2 fully saturated rings. The lowest BCUT2D eigenvalue weighted by Crippen LogP contribution is -2.28. The van der Waals surface area contributed by atoms with Gasteiger partial charge in [-0.3, -0.25) is 4.98 Å². The number of halogens is 1. The molecule has 0 bridgehead atoms. The number of aromatic nitrogens is 5. The van der Waals surface area contributed by atoms with Crippen LogP contribution in [0.4, 0.5) is 4.39 Å². The van der Waals surface area contributed by atoms with E-state index >= 15 is 4.39 Å². The lowest BCUT2D eigenvalue weighted by atomic mass is 9.86. The summed E-state index contributed by atoms with van der Waals surface area (Å²) in [6.45, 7) is 5.05. The maximum absolute atomic E-state index is 16.9. The molecular formula is C32H34FN5O2. The van der Waals surface area contributed by atoms with Gasteiger partial charge < -0.3 is 14.4 Å². The molecule has 1 aliphatic heterocycles. The highest BCUT2D eigenvalue weighted by atomic mass is 19.1. The number of aryl methyl sites for hydroxylation is 2. The summed E-state index contributed by atoms with van der Waals surface area (Å²) in [5.41, 5.74) is 4.93. The normalized spacial score (nSPS) is 18.8. The van der Waals surface area contributed by atoms with Crippen molar-refractivity contribution in [1.29, 1.82) is 0 Å². The third kappa shape index (κ3) is 3.96. The zero-order chi connectivity index (χ0) is 27.6. The zero-order valence-corrected chi connectivity index (χ0v) is 23.1. The lowest BCUT2D eigenvalue weighted by molar-refractivity contribution is 0.0297. The van der Waals surface area contributed by atoms with Crippen molar-refractivity contribution in [1.82, 2.24) is 24.5 Å². The van der Waals surface area contributed by atoms with E-state index in [2.05, 4.69) is 33.1 Å². The first-order chi connectivity index (χ1) is 19.4. The smallest absolute Gasteiger partial charge is 0.153 e. The number of rotatable bonds is 6. The number of hydrogen-bond donors (Lipinski definition) is 1. The van der Waals surface area contributed by atoms with Gasteiger partial charge in [0.2, 0.25) is 0 Å². The van der Waals surface area contributed by atoms with E-state index < -0.39 is 5.60 Å². The second-order valence-corrected chi connectivity index (χ2v) is 11.7. The van der Waals surface area contributed by atoms with Crippen molar-refractivity contribution in [3.05, 3.63) is 77.4 Å². The van der Waals surface area contributed by atoms with Crippen molar-refractivity contribution < 1.29 is 14.2 Å². The number of nitrogens with zero attached hydrogens (tertiary/aromatic N) is 5. The van der Waals surface area contributed by atoms with Crippen molar-refractivity contribution in [2.24, 2.45) is 18.9 Å². The van der Waals surface area contributed by atoms with Crippen LogP contribution >= 0.6 is 0 Å². The van der Waals surface area contributed by atoms with Crippen molar-refractivity contribution in [3.63, 3.8) is 0 Å². The van der Waals surface area contributed by atoms with E-state index in [0.717, 1.165) is 64.6 Å². The molecule has 7 rings (SSSR count). The molecule has 7 nitrogen and oxygen atoms in total. The maximum Gasteiger partial charge on any atom is 0.153 e. The van der Waals surface area contributed by atoms with E-state index in [1.807, 2.05) is 44.4 Å². The fraction of sp³-hybridized carbons (Fsp3) is 0.406. The minimum Gasteiger partial charge on any atom is -0.385 e. The lowest BCUT2D eigenvalue weighted by Gasteiger charge is -2.33. The summed E-state index contributed by atoms with van der Waals surface area (Å²) >= 11 is 0. The van der Waals surface area contributed by atoms with Gasteiger partial charge in [0.15, 0.2) is 5.82 Å². The quantitative estimate of drug-likeness (QED) is 0.284. The fourth-order valence-corrected chi connectivity index (χ4v) is 6.80. The Kier molecular flexibility index (Phi) is 6.02. The minimum absolute atomic E-state index is 0.0720. The Balaban J connectivity index is 1.57. The molecular weight excluding hydrogens is 505 g/mol. The van der Waals surface area contributed by atoms with Gasteiger partial charge in [0, 0.05) is 43.0 Å². The molecule has 1 saturated heterocycles. The monoisotopic (exact) mass is 539 g/mol. The predicted molar refractivity (Wildman–Crippen MR) is 152 cm³/mol. The Bertz CT molecular complexity index is 1690. The standard InChI is InChI=1S/C32H34FN5O2/c1-19-29(37(3)36-35-19)22-17-26-28(34-18-22)24-11-12-25(32(2,39)23-9-10-23)27(33)31(24)38(26)30(20-7-5-4-6-8-20)21-13-15-40-16-14-21/h4-8,11-12,17-18,21,23,30,39H,9-10,13-16H2,1-3H3/t30-,32+/m1/s1. The van der Waals surface area contributed by atoms with Crippen molar-refractivity contribution in [2.45, 2.75) is 51.2 Å². The number of pyridine rings is 1. The molecule has 4 heterocycles. The van der Waals surface area contributed by atoms with E-state index in [1.54, 1.807) is 17.7 Å². The van der Waals surface area contributed by atoms with Gasteiger partial charge in [0.05, 0.1) is 39.6 Å². The molecule has 3 aromatic heterocycles. The van der Waals surface area contributed by atoms with Crippen LogP contribution in [0.5, 0.6) is 0 Å². The molecule has 1 N–H and O–H groups in total. The highest BCUT2D eigenvalue weighted by Gasteiger charge is 2.44. The zero-order valence-electron chi connectivity index (χ0n) is 23.1. The van der Waals surface area contributed by atoms with Gasteiger partial charge in [-0.2, -0.15) is 0 Å². The number of benzene rings is 2. The summed E-state index contributed by atoms with van der Waals surface area (Å²) in [4.78, 5) is 4.93. The van der Waals surface area contributed by atoms with Gasteiger partial charge in [-0.25, -0.2) is 9.07 Å². The van der Waals surface area contributed by atoms with Gasteiger partial charge in [-0.15, -0.1) is 5.10 Å². The summed E-state index contributed by atoms with van der Waals surface area (Å²) < 4.78 is 26.6. The molecule has 2 atom stereocenters. The molecule has 206 valence electrons. The predicted octanol–water partition coefficient (Wildman–Crippen LogP) is 6.07. The molecule has 8 heteroatoms. The Morgan fingerprint density at radius 3 is 2.50 bits per heavy atom. The van der Waals surface area contributed by atoms with Crippen molar-refractivity contribution in [3.8, 4) is 11.3 Å². The topological polar surface area (TPSA) is 78.0 Å². The molecule has 1 saturated carbocycles. The van der Waals surface area contributed by atoms with E-state index in [9.17, 15) is 5.11 Å². The van der Waals surface area contributed by atoms with Crippen molar-refractivity contribution >= 4 is 21.9 Å². The Labute approximate surface area is 232 Å². The van der Waals surface area contributed by atoms with Crippen LogP contribution in [0.1, 0.15) is 55.5 Å². The number of hydrogen-bond acceptors (Lipinski definition) is 5. The Morgan fingerprint density at radius 2 is 1.82 bits per heavy atom. The highest BCUT2D eigenvalue weighted by Crippen LogP contribution is 2.48. The molecule has 1 aliphatic carbocycles. The Hall–Kier alpha value is -3.62. The van der Waals surface area contributed by atoms with Crippen LogP contribution < -0.4 is 0 Å². The summed E-state index contributed by atoms with van der Waals surface area (Å²) in [6, 6.07) is 16.0. The van der Waals surface area contributed by atoms with Crippen LogP contribution in [0, 0.1) is 24.6 Å². The maximum atomic E-state index is 16.9. The van der Waals surface area contributed by atoms with Gasteiger partial charge in [0.1, 0.15) is 0 Å². The molecule has 0 amide bonds. The third-order valence-electron chi connectivity index (χ3n) is 9.06. The first-order valence-electron chi connectivity index (χ1n) is 14.2. The fourth-order valence-electron chi connectivity index (χ4n) is 6.80. The van der Waals surface area contributed by atoms with Crippen LogP contribution in [-0.4, -0.2) is 42.9 Å². The highest BCUT2D eigenvalue weighted by molar-refractivity contribution is 6.07. The first-order valence-corrected chi connectivity index (χ1v) is 14.2. The third-order valence-corrected chi connectivity index (χ3v) is 9.06. The second-order valence-electron chi connectivity index (χ2n) is 11.7. The van der Waals surface area contributed by atoms with E-state index in [0.29, 0.717) is 24.3 Å². The van der Waals surface area contributed by atoms with Crippen LogP contribution in [-0.2, 0) is 17.4 Å². The molecule has 0 unspecified atom stereocenters. The molecule has 5 aromatic rings. The molecule has 2 aliphatic rings. The van der Waals surface area contributed by atoms with Crippen LogP contribution in [0.2, 0.25) is 0 Å². The van der Waals surface area contributed by atoms with Gasteiger partial charge >= 0.3 is 0 Å². The summed E-state index contributed by atoms with van der Waals surface area (Å²) in [5.74, 6) is -0.0474. The SMILES string of the molecule is Cc1nnn(C)c1-c1cnc2c3ccc([C@@](C)(O)C4CC4)c(F)c3n([C@H](c3ccccc3)C3CCOCC3)c2c1. The molecule has 0 radical (unpaired) electrons. The average Bonchev–Trinajstić information content (AvgIpc) is 3.72. The number of aliphatic hydroxyl groups is 1. The summed E-state index contributed by atoms with van der Waals surface area (Å²) in [6.07, 6.45) is 5.39. The summed E-state index contributed by atoms with van der Waals surface area (Å²) in [7, 11) is 1.87. The summed E-state index contributed by atoms with van der Waals surface area (Å²) in [5, 5.41) is 20.7. The number of fused-ring (bicyclic) bond motifs is 3. The average molecular weight is 540 g/mol. The molecule has 0 spiro atoms. The second kappa shape index (κ2) is 9.49. The van der Waals surface area contributed by atoms with Crippen LogP contribution in [0.3, 0.4) is 0 Å². The van der Waals surface area contributed by atoms with Crippen LogP contribution in [0.25, 0.3) is 33.2 Å². The van der Waals surface area contributed by atoms with E-state index in [1.165, 1.54) is 0 Å². The van der Waals surface area contributed by atoms with Gasteiger partial charge in [-0.1, -0.05) is 47.7 Å².